The van der Waals surface area contributed by atoms with E-state index in [2.05, 4.69) is 50.5 Å². The molecule has 0 spiro atoms. The molecule has 0 aliphatic heterocycles. The van der Waals surface area contributed by atoms with Crippen molar-refractivity contribution in [1.82, 2.24) is 5.32 Å². The minimum Gasteiger partial charge on any atom is -0.348 e. The average molecular weight is 512 g/mol. The van der Waals surface area contributed by atoms with Crippen molar-refractivity contribution < 1.29 is 14.4 Å². The molecule has 1 aromatic rings. The summed E-state index contributed by atoms with van der Waals surface area (Å²) in [5, 5.41) is 5.43. The molecule has 36 heavy (non-hydrogen) atoms. The summed E-state index contributed by atoms with van der Waals surface area (Å²) in [5.74, 6) is 3.08. The molecule has 0 radical (unpaired) electrons. The van der Waals surface area contributed by atoms with Gasteiger partial charge in [-0.2, -0.15) is 0 Å². The Morgan fingerprint density at radius 1 is 1.11 bits per heavy atom. The molecule has 198 valence electrons. The summed E-state index contributed by atoms with van der Waals surface area (Å²) >= 11 is 1.72. The molecular formula is C31H45NO3S. The molecule has 0 bridgehead atoms. The molecule has 1 amide bonds. The molecular weight excluding hydrogens is 466 g/mol. The van der Waals surface area contributed by atoms with Crippen molar-refractivity contribution in [1.29, 1.82) is 0 Å². The maximum absolute atomic E-state index is 13.6. The quantitative estimate of drug-likeness (QED) is 0.423. The maximum atomic E-state index is 13.6. The van der Waals surface area contributed by atoms with Crippen LogP contribution in [0, 0.1) is 46.3 Å². The van der Waals surface area contributed by atoms with Gasteiger partial charge in [-0.05, 0) is 90.4 Å². The van der Waals surface area contributed by atoms with Gasteiger partial charge >= 0.3 is 0 Å². The largest absolute Gasteiger partial charge is 0.348 e. The Morgan fingerprint density at radius 3 is 2.61 bits per heavy atom. The van der Waals surface area contributed by atoms with Gasteiger partial charge in [0.25, 0.3) is 0 Å². The van der Waals surface area contributed by atoms with Crippen molar-refractivity contribution >= 4 is 28.8 Å². The molecule has 0 saturated heterocycles. The number of carbonyl (C=O) groups excluding carboxylic acids is 3. The summed E-state index contributed by atoms with van der Waals surface area (Å²) < 4.78 is 0. The molecule has 4 saturated carbocycles. The van der Waals surface area contributed by atoms with E-state index in [0.717, 1.165) is 44.9 Å². The molecule has 4 aliphatic carbocycles. The normalized spacial score (nSPS) is 39.6. The van der Waals surface area contributed by atoms with Crippen molar-refractivity contribution in [2.75, 3.05) is 0 Å². The first-order valence-electron chi connectivity index (χ1n) is 14.5. The van der Waals surface area contributed by atoms with E-state index < -0.39 is 0 Å². The molecule has 5 heteroatoms. The summed E-state index contributed by atoms with van der Waals surface area (Å²) in [4.78, 5) is 40.2. The number of hydrogen-bond donors (Lipinski definition) is 1. The highest BCUT2D eigenvalue weighted by atomic mass is 32.1. The van der Waals surface area contributed by atoms with Crippen molar-refractivity contribution in [2.24, 2.45) is 46.3 Å². The van der Waals surface area contributed by atoms with Gasteiger partial charge in [-0.3, -0.25) is 14.4 Å². The van der Waals surface area contributed by atoms with Gasteiger partial charge in [0.1, 0.15) is 11.6 Å². The molecule has 4 fully saturated rings. The smallest absolute Gasteiger partial charge is 0.220 e. The van der Waals surface area contributed by atoms with Gasteiger partial charge in [-0.1, -0.05) is 40.2 Å². The SMILES string of the molecule is CCCC(NC(=O)C[C@@H](C)C1CC[C@H]2[C@@H]3C(=O)C[C@@H]4CC(=O)CC[C@]4(C)[C@H]3CC[C@]12C)c1cccs1. The molecule has 4 nitrogen and oxygen atoms in total. The molecule has 9 atom stereocenters. The lowest BCUT2D eigenvalue weighted by Gasteiger charge is -2.59. The highest BCUT2D eigenvalue weighted by Crippen LogP contribution is 2.67. The van der Waals surface area contributed by atoms with Gasteiger partial charge in [0.15, 0.2) is 0 Å². The number of amides is 1. The zero-order valence-corrected chi connectivity index (χ0v) is 23.5. The fourth-order valence-corrected chi connectivity index (χ4v) is 10.3. The van der Waals surface area contributed by atoms with Gasteiger partial charge < -0.3 is 5.32 Å². The van der Waals surface area contributed by atoms with Crippen LogP contribution in [0.25, 0.3) is 0 Å². The standard InChI is InChI=1S/C31H45NO3S/c1-5-7-25(27-8-6-15-36-27)32-28(35)16-19(2)22-9-10-23-29-24(12-14-31(22,23)4)30(3)13-11-21(33)17-20(30)18-26(29)34/h6,8,15,19-20,22-25,29H,5,7,9-14,16-18H2,1-4H3,(H,32,35)/t19-,20+,22?,23+,24+,25?,29+,30+,31-/m1/s1. The predicted molar refractivity (Wildman–Crippen MR) is 145 cm³/mol. The van der Waals surface area contributed by atoms with Gasteiger partial charge in [-0.25, -0.2) is 0 Å². The van der Waals surface area contributed by atoms with E-state index >= 15 is 0 Å². The Balaban J connectivity index is 1.28. The summed E-state index contributed by atoms with van der Waals surface area (Å²) in [6.07, 6.45) is 10.0. The van der Waals surface area contributed by atoms with E-state index in [0.29, 0.717) is 60.9 Å². The van der Waals surface area contributed by atoms with Crippen LogP contribution in [0.4, 0.5) is 0 Å². The Hall–Kier alpha value is -1.49. The Bertz CT molecular complexity index is 988. The van der Waals surface area contributed by atoms with E-state index in [9.17, 15) is 14.4 Å². The topological polar surface area (TPSA) is 63.2 Å². The lowest BCUT2D eigenvalue weighted by molar-refractivity contribution is -0.159. The molecule has 0 aromatic carbocycles. The second kappa shape index (κ2) is 10.0. The molecule has 1 N–H and O–H groups in total. The monoisotopic (exact) mass is 511 g/mol. The lowest BCUT2D eigenvalue weighted by Crippen LogP contribution is -2.57. The van der Waals surface area contributed by atoms with Crippen LogP contribution in [0.2, 0.25) is 0 Å². The highest BCUT2D eigenvalue weighted by Gasteiger charge is 2.63. The number of nitrogens with one attached hydrogen (secondary N) is 1. The molecule has 1 aromatic heterocycles. The maximum Gasteiger partial charge on any atom is 0.220 e. The summed E-state index contributed by atoms with van der Waals surface area (Å²) in [7, 11) is 0. The Morgan fingerprint density at radius 2 is 1.89 bits per heavy atom. The highest BCUT2D eigenvalue weighted by molar-refractivity contribution is 7.10. The summed E-state index contributed by atoms with van der Waals surface area (Å²) in [5.41, 5.74) is 0.286. The third-order valence-corrected chi connectivity index (χ3v) is 12.3. The van der Waals surface area contributed by atoms with Crippen molar-refractivity contribution in [3.63, 3.8) is 0 Å². The molecule has 1 heterocycles. The number of fused-ring (bicyclic) bond motifs is 5. The first-order chi connectivity index (χ1) is 17.2. The van der Waals surface area contributed by atoms with Gasteiger partial charge in [0.2, 0.25) is 5.91 Å². The van der Waals surface area contributed by atoms with Crippen LogP contribution in [0.3, 0.4) is 0 Å². The number of thiophene rings is 1. The Kier molecular flexibility index (Phi) is 7.26. The fraction of sp³-hybridized carbons (Fsp3) is 0.774. The third-order valence-electron chi connectivity index (χ3n) is 11.4. The van der Waals surface area contributed by atoms with E-state index in [4.69, 9.17) is 0 Å². The predicted octanol–water partition coefficient (Wildman–Crippen LogP) is 7.14. The van der Waals surface area contributed by atoms with Crippen LogP contribution in [0.15, 0.2) is 17.5 Å². The fourth-order valence-electron chi connectivity index (χ4n) is 9.45. The second-order valence-corrected chi connectivity index (χ2v) is 14.2. The number of rotatable bonds is 7. The van der Waals surface area contributed by atoms with Gasteiger partial charge in [0.05, 0.1) is 6.04 Å². The summed E-state index contributed by atoms with van der Waals surface area (Å²) in [6.45, 7) is 9.29. The van der Waals surface area contributed by atoms with Crippen molar-refractivity contribution in [2.45, 2.75) is 104 Å². The van der Waals surface area contributed by atoms with E-state index in [1.54, 1.807) is 11.3 Å². The summed E-state index contributed by atoms with van der Waals surface area (Å²) in [6, 6.07) is 4.31. The van der Waals surface area contributed by atoms with E-state index in [1.807, 2.05) is 0 Å². The van der Waals surface area contributed by atoms with Crippen LogP contribution in [-0.4, -0.2) is 17.5 Å². The van der Waals surface area contributed by atoms with Gasteiger partial charge in [-0.15, -0.1) is 11.3 Å². The number of carbonyl (C=O) groups is 3. The zero-order valence-electron chi connectivity index (χ0n) is 22.7. The third kappa shape index (κ3) is 4.41. The average Bonchev–Trinajstić information content (AvgIpc) is 3.48. The second-order valence-electron chi connectivity index (χ2n) is 13.2. The van der Waals surface area contributed by atoms with Crippen molar-refractivity contribution in [3.05, 3.63) is 22.4 Å². The van der Waals surface area contributed by atoms with Crippen LogP contribution in [0.5, 0.6) is 0 Å². The zero-order chi connectivity index (χ0) is 25.7. The van der Waals surface area contributed by atoms with Gasteiger partial charge in [0, 0.05) is 36.5 Å². The van der Waals surface area contributed by atoms with E-state index in [1.165, 1.54) is 4.88 Å². The van der Waals surface area contributed by atoms with Crippen LogP contribution in [-0.2, 0) is 14.4 Å². The molecule has 2 unspecified atom stereocenters. The van der Waals surface area contributed by atoms with Crippen LogP contribution >= 0.6 is 11.3 Å². The Labute approximate surface area is 221 Å². The van der Waals surface area contributed by atoms with Crippen LogP contribution in [0.1, 0.15) is 109 Å². The first kappa shape index (κ1) is 26.1. The number of hydrogen-bond acceptors (Lipinski definition) is 4. The van der Waals surface area contributed by atoms with Crippen molar-refractivity contribution in [3.8, 4) is 0 Å². The van der Waals surface area contributed by atoms with E-state index in [-0.39, 0.29) is 34.6 Å². The van der Waals surface area contributed by atoms with Crippen LogP contribution < -0.4 is 5.32 Å². The number of ketones is 2. The molecule has 5 rings (SSSR count). The number of Topliss-reactive ketones (excluding diaryl/α,β-unsaturated/α-hetero) is 2. The lowest BCUT2D eigenvalue weighted by atomic mass is 9.44. The minimum atomic E-state index is 0.118. The minimum absolute atomic E-state index is 0.118. The first-order valence-corrected chi connectivity index (χ1v) is 15.4. The molecule has 4 aliphatic rings.